The third kappa shape index (κ3) is 2.84. The molecule has 124 valence electrons. The van der Waals surface area contributed by atoms with Crippen molar-refractivity contribution in [2.75, 3.05) is 19.6 Å². The van der Waals surface area contributed by atoms with E-state index in [1.165, 1.54) is 0 Å². The first-order chi connectivity index (χ1) is 11.7. The van der Waals surface area contributed by atoms with Crippen molar-refractivity contribution in [2.24, 2.45) is 0 Å². The molecule has 7 nitrogen and oxygen atoms in total. The quantitative estimate of drug-likeness (QED) is 0.878. The van der Waals surface area contributed by atoms with Gasteiger partial charge in [0.15, 0.2) is 0 Å². The fourth-order valence-electron chi connectivity index (χ4n) is 3.13. The molecular weight excluding hydrogens is 308 g/mol. The number of pyridine rings is 1. The molecule has 0 radical (unpaired) electrons. The van der Waals surface area contributed by atoms with Crippen molar-refractivity contribution in [2.45, 2.75) is 18.6 Å². The lowest BCUT2D eigenvalue weighted by Gasteiger charge is -2.20. The number of para-hydroxylation sites is 1. The molecule has 2 N–H and O–H groups in total. The van der Waals surface area contributed by atoms with Crippen LogP contribution >= 0.6 is 0 Å². The first kappa shape index (κ1) is 14.7. The summed E-state index contributed by atoms with van der Waals surface area (Å²) in [7, 11) is 0. The Balaban J connectivity index is 1.39. The smallest absolute Gasteiger partial charge is 0.315 e. The Morgan fingerprint density at radius 2 is 2.12 bits per heavy atom. The van der Waals surface area contributed by atoms with Crippen molar-refractivity contribution >= 4 is 22.8 Å². The summed E-state index contributed by atoms with van der Waals surface area (Å²) in [5, 5.41) is 6.29. The number of urea groups is 1. The minimum atomic E-state index is -0.477. The van der Waals surface area contributed by atoms with Gasteiger partial charge in [0, 0.05) is 31.0 Å². The van der Waals surface area contributed by atoms with Gasteiger partial charge in [-0.2, -0.15) is 0 Å². The predicted octanol–water partition coefficient (Wildman–Crippen LogP) is 0.896. The van der Waals surface area contributed by atoms with Crippen LogP contribution in [0.15, 0.2) is 36.4 Å². The van der Waals surface area contributed by atoms with E-state index in [9.17, 15) is 9.59 Å². The van der Waals surface area contributed by atoms with Gasteiger partial charge in [0.1, 0.15) is 12.1 Å². The number of hydrogen-bond acceptors (Lipinski definition) is 4. The van der Waals surface area contributed by atoms with Gasteiger partial charge in [0.25, 0.3) is 0 Å². The van der Waals surface area contributed by atoms with Crippen molar-refractivity contribution in [3.8, 4) is 5.88 Å². The number of nitrogens with one attached hydrogen (secondary N) is 2. The zero-order valence-electron chi connectivity index (χ0n) is 13.1. The van der Waals surface area contributed by atoms with E-state index >= 15 is 0 Å². The number of carbonyl (C=O) groups is 2. The highest BCUT2D eigenvalue weighted by Crippen LogP contribution is 2.20. The van der Waals surface area contributed by atoms with Gasteiger partial charge in [-0.25, -0.2) is 9.78 Å². The van der Waals surface area contributed by atoms with Gasteiger partial charge in [-0.3, -0.25) is 4.79 Å². The van der Waals surface area contributed by atoms with Gasteiger partial charge >= 0.3 is 6.03 Å². The van der Waals surface area contributed by atoms with E-state index in [0.29, 0.717) is 25.5 Å². The molecule has 3 amide bonds. The largest absolute Gasteiger partial charge is 0.472 e. The highest BCUT2D eigenvalue weighted by Gasteiger charge is 2.35. The molecule has 1 aromatic carbocycles. The summed E-state index contributed by atoms with van der Waals surface area (Å²) in [6.07, 6.45) is 0.682. The average molecular weight is 326 g/mol. The maximum Gasteiger partial charge on any atom is 0.315 e. The second-order valence-corrected chi connectivity index (χ2v) is 6.06. The van der Waals surface area contributed by atoms with Crippen LogP contribution in [0.1, 0.15) is 6.42 Å². The molecule has 2 unspecified atom stereocenters. The summed E-state index contributed by atoms with van der Waals surface area (Å²) in [4.78, 5) is 29.8. The number of amides is 3. The lowest BCUT2D eigenvalue weighted by atomic mass is 10.2. The van der Waals surface area contributed by atoms with Crippen LogP contribution in [0.2, 0.25) is 0 Å². The maximum atomic E-state index is 12.4. The lowest BCUT2D eigenvalue weighted by molar-refractivity contribution is -0.131. The standard InChI is InChI=1S/C17H18N4O3/c22-16(14-9-18-17(23)20-14)21-8-7-12(10-21)24-15-6-5-11-3-1-2-4-13(11)19-15/h1-6,12,14H,7-10H2,(H2,18,20,23). The van der Waals surface area contributed by atoms with Crippen LogP contribution in [-0.2, 0) is 4.79 Å². The molecule has 2 aliphatic heterocycles. The summed E-state index contributed by atoms with van der Waals surface area (Å²) in [6.45, 7) is 1.48. The molecule has 0 spiro atoms. The minimum absolute atomic E-state index is 0.0640. The monoisotopic (exact) mass is 326 g/mol. The molecule has 0 aliphatic carbocycles. The first-order valence-corrected chi connectivity index (χ1v) is 8.05. The summed E-state index contributed by atoms with van der Waals surface area (Å²) >= 11 is 0. The number of benzene rings is 1. The molecule has 2 aliphatic rings. The Morgan fingerprint density at radius 1 is 1.25 bits per heavy atom. The molecule has 2 fully saturated rings. The van der Waals surface area contributed by atoms with Crippen LogP contribution < -0.4 is 15.4 Å². The Hall–Kier alpha value is -2.83. The van der Waals surface area contributed by atoms with Crippen molar-refractivity contribution in [1.82, 2.24) is 20.5 Å². The van der Waals surface area contributed by atoms with Crippen LogP contribution in [0.5, 0.6) is 5.88 Å². The fourth-order valence-corrected chi connectivity index (χ4v) is 3.13. The maximum absolute atomic E-state index is 12.4. The number of rotatable bonds is 3. The van der Waals surface area contributed by atoms with Crippen molar-refractivity contribution < 1.29 is 14.3 Å². The topological polar surface area (TPSA) is 83.6 Å². The van der Waals surface area contributed by atoms with E-state index in [0.717, 1.165) is 17.3 Å². The van der Waals surface area contributed by atoms with Gasteiger partial charge in [-0.1, -0.05) is 18.2 Å². The third-order valence-electron chi connectivity index (χ3n) is 4.39. The Labute approximate surface area is 139 Å². The van der Waals surface area contributed by atoms with Crippen molar-refractivity contribution in [3.63, 3.8) is 0 Å². The molecule has 2 saturated heterocycles. The van der Waals surface area contributed by atoms with Crippen LogP contribution in [0.4, 0.5) is 4.79 Å². The number of carbonyl (C=O) groups excluding carboxylic acids is 2. The highest BCUT2D eigenvalue weighted by atomic mass is 16.5. The second kappa shape index (κ2) is 5.99. The molecule has 4 rings (SSSR count). The van der Waals surface area contributed by atoms with E-state index < -0.39 is 6.04 Å². The third-order valence-corrected chi connectivity index (χ3v) is 4.39. The fraction of sp³-hybridized carbons (Fsp3) is 0.353. The molecule has 0 bridgehead atoms. The highest BCUT2D eigenvalue weighted by molar-refractivity contribution is 5.90. The molecular formula is C17H18N4O3. The van der Waals surface area contributed by atoms with Gasteiger partial charge in [-0.15, -0.1) is 0 Å². The van der Waals surface area contributed by atoms with Crippen molar-refractivity contribution in [3.05, 3.63) is 36.4 Å². The normalized spacial score (nSPS) is 23.2. The Bertz CT molecular complexity index is 794. The Kier molecular flexibility index (Phi) is 3.68. The minimum Gasteiger partial charge on any atom is -0.472 e. The summed E-state index contributed by atoms with van der Waals surface area (Å²) in [6, 6.07) is 10.9. The Morgan fingerprint density at radius 3 is 2.96 bits per heavy atom. The lowest BCUT2D eigenvalue weighted by Crippen LogP contribution is -2.45. The van der Waals surface area contributed by atoms with Gasteiger partial charge in [0.2, 0.25) is 11.8 Å². The second-order valence-electron chi connectivity index (χ2n) is 6.06. The molecule has 2 atom stereocenters. The number of hydrogen-bond donors (Lipinski definition) is 2. The molecule has 24 heavy (non-hydrogen) atoms. The first-order valence-electron chi connectivity index (χ1n) is 8.05. The molecule has 2 aromatic rings. The predicted molar refractivity (Wildman–Crippen MR) is 87.7 cm³/mol. The molecule has 7 heteroatoms. The van der Waals surface area contributed by atoms with E-state index in [1.807, 2.05) is 36.4 Å². The number of ether oxygens (including phenoxy) is 1. The van der Waals surface area contributed by atoms with Gasteiger partial charge in [0.05, 0.1) is 12.1 Å². The average Bonchev–Trinajstić information content (AvgIpc) is 3.23. The van der Waals surface area contributed by atoms with Crippen LogP contribution in [0.3, 0.4) is 0 Å². The number of likely N-dealkylation sites (tertiary alicyclic amines) is 1. The van der Waals surface area contributed by atoms with Crippen molar-refractivity contribution in [1.29, 1.82) is 0 Å². The molecule has 3 heterocycles. The van der Waals surface area contributed by atoms with Gasteiger partial charge in [-0.05, 0) is 12.1 Å². The summed E-state index contributed by atoms with van der Waals surface area (Å²) < 4.78 is 5.94. The number of aromatic nitrogens is 1. The van der Waals surface area contributed by atoms with E-state index in [2.05, 4.69) is 15.6 Å². The van der Waals surface area contributed by atoms with E-state index in [-0.39, 0.29) is 18.0 Å². The van der Waals surface area contributed by atoms with Crippen LogP contribution in [0, 0.1) is 0 Å². The van der Waals surface area contributed by atoms with Gasteiger partial charge < -0.3 is 20.3 Å². The SMILES string of the molecule is O=C1NCC(C(=O)N2CCC(Oc3ccc4ccccc4n3)C2)N1. The molecule has 1 aromatic heterocycles. The number of fused-ring (bicyclic) bond motifs is 1. The van der Waals surface area contributed by atoms with Crippen LogP contribution in [-0.4, -0.2) is 53.6 Å². The molecule has 0 saturated carbocycles. The zero-order chi connectivity index (χ0) is 16.5. The van der Waals surface area contributed by atoms with E-state index in [4.69, 9.17) is 4.74 Å². The zero-order valence-corrected chi connectivity index (χ0v) is 13.1. The summed E-state index contributed by atoms with van der Waals surface area (Å²) in [5.74, 6) is 0.509. The van der Waals surface area contributed by atoms with Crippen LogP contribution in [0.25, 0.3) is 10.9 Å². The number of nitrogens with zero attached hydrogens (tertiary/aromatic N) is 2. The summed E-state index contributed by atoms with van der Waals surface area (Å²) in [5.41, 5.74) is 0.890. The van der Waals surface area contributed by atoms with E-state index in [1.54, 1.807) is 4.90 Å².